The molecule has 0 aromatic heterocycles. The zero-order valence-corrected chi connectivity index (χ0v) is 8.29. The van der Waals surface area contributed by atoms with E-state index in [0.29, 0.717) is 0 Å². The number of rotatable bonds is 3. The average Bonchev–Trinajstić information content (AvgIpc) is 1.95. The molecule has 0 aliphatic heterocycles. The summed E-state index contributed by atoms with van der Waals surface area (Å²) in [6.07, 6.45) is 0.223. The third kappa shape index (κ3) is 3.10. The van der Waals surface area contributed by atoms with Gasteiger partial charge in [-0.2, -0.15) is 0 Å². The Balaban J connectivity index is 0.00000144. The molecule has 0 atom stereocenters. The Kier molecular flexibility index (Phi) is 4.61. The minimum Gasteiger partial charge on any atom is -0.350 e. The van der Waals surface area contributed by atoms with Gasteiger partial charge in [-0.3, -0.25) is 4.79 Å². The summed E-state index contributed by atoms with van der Waals surface area (Å²) < 4.78 is 23.4. The van der Waals surface area contributed by atoms with E-state index in [-0.39, 0.29) is 23.7 Å². The van der Waals surface area contributed by atoms with Gasteiger partial charge in [0.05, 0.1) is 6.54 Å². The van der Waals surface area contributed by atoms with Gasteiger partial charge < -0.3 is 5.32 Å². The fourth-order valence-corrected chi connectivity index (χ4v) is 1.32. The smallest absolute Gasteiger partial charge is 0.255 e. The van der Waals surface area contributed by atoms with E-state index in [1.807, 2.05) is 6.92 Å². The van der Waals surface area contributed by atoms with Gasteiger partial charge in [0.25, 0.3) is 6.43 Å². The first-order chi connectivity index (χ1) is 5.54. The van der Waals surface area contributed by atoms with Gasteiger partial charge in [0.1, 0.15) is 0 Å². The van der Waals surface area contributed by atoms with Crippen LogP contribution in [-0.2, 0) is 4.79 Å². The normalized spacial score (nSPS) is 18.8. The third-order valence-electron chi connectivity index (χ3n) is 2.42. The number of alkyl halides is 2. The summed E-state index contributed by atoms with van der Waals surface area (Å²) >= 11 is 0. The predicted molar refractivity (Wildman–Crippen MR) is 48.2 cm³/mol. The van der Waals surface area contributed by atoms with Crippen molar-refractivity contribution >= 4 is 18.3 Å². The Labute approximate surface area is 82.5 Å². The molecule has 0 aromatic rings. The van der Waals surface area contributed by atoms with Crippen LogP contribution in [0.5, 0.6) is 0 Å². The molecule has 5 heteroatoms. The molecule has 0 bridgehead atoms. The van der Waals surface area contributed by atoms with Crippen LogP contribution in [0.4, 0.5) is 8.78 Å². The summed E-state index contributed by atoms with van der Waals surface area (Å²) in [6.45, 7) is 1.30. The highest BCUT2D eigenvalue weighted by Crippen LogP contribution is 2.40. The van der Waals surface area contributed by atoms with Crippen LogP contribution in [-0.4, -0.2) is 18.9 Å². The van der Waals surface area contributed by atoms with Crippen LogP contribution in [0, 0.1) is 5.41 Å². The molecule has 1 aliphatic carbocycles. The highest BCUT2D eigenvalue weighted by molar-refractivity contribution is 5.85. The minimum atomic E-state index is -2.45. The molecule has 2 nitrogen and oxygen atoms in total. The number of nitrogens with one attached hydrogen (secondary N) is 1. The molecule has 0 heterocycles. The van der Waals surface area contributed by atoms with Crippen molar-refractivity contribution in [3.63, 3.8) is 0 Å². The van der Waals surface area contributed by atoms with Gasteiger partial charge >= 0.3 is 0 Å². The number of halogens is 3. The molecule has 13 heavy (non-hydrogen) atoms. The minimum absolute atomic E-state index is 0. The van der Waals surface area contributed by atoms with Gasteiger partial charge in [-0.05, 0) is 12.8 Å². The average molecular weight is 214 g/mol. The lowest BCUT2D eigenvalue weighted by Crippen LogP contribution is -2.44. The van der Waals surface area contributed by atoms with Crippen LogP contribution in [0.3, 0.4) is 0 Å². The SMILES string of the molecule is CC1(C(=O)NCC(F)F)CCC1.Cl. The lowest BCUT2D eigenvalue weighted by Gasteiger charge is -2.36. The second-order valence-corrected chi connectivity index (χ2v) is 3.52. The molecule has 1 fully saturated rings. The Morgan fingerprint density at radius 2 is 2.08 bits per heavy atom. The van der Waals surface area contributed by atoms with E-state index in [1.54, 1.807) is 0 Å². The van der Waals surface area contributed by atoms with Crippen molar-refractivity contribution < 1.29 is 13.6 Å². The van der Waals surface area contributed by atoms with E-state index in [4.69, 9.17) is 0 Å². The molecule has 1 aliphatic rings. The van der Waals surface area contributed by atoms with E-state index < -0.39 is 13.0 Å². The van der Waals surface area contributed by atoms with E-state index in [2.05, 4.69) is 5.32 Å². The summed E-state index contributed by atoms with van der Waals surface area (Å²) in [6, 6.07) is 0. The molecule has 1 rings (SSSR count). The van der Waals surface area contributed by atoms with Crippen LogP contribution in [0.1, 0.15) is 26.2 Å². The maximum Gasteiger partial charge on any atom is 0.255 e. The largest absolute Gasteiger partial charge is 0.350 e. The standard InChI is InChI=1S/C8H13F2NO.ClH/c1-8(3-2-4-8)7(12)11-5-6(9)10;/h6H,2-5H2,1H3,(H,11,12);1H. The molecule has 0 saturated heterocycles. The summed E-state index contributed by atoms with van der Waals surface area (Å²) in [4.78, 5) is 11.2. The first kappa shape index (κ1) is 12.6. The maximum atomic E-state index is 11.7. The van der Waals surface area contributed by atoms with E-state index in [1.165, 1.54) is 0 Å². The fraction of sp³-hybridized carbons (Fsp3) is 0.875. The summed E-state index contributed by atoms with van der Waals surface area (Å²) in [5.74, 6) is -0.228. The summed E-state index contributed by atoms with van der Waals surface area (Å²) in [5.41, 5.74) is -0.366. The zero-order valence-electron chi connectivity index (χ0n) is 7.48. The number of carbonyl (C=O) groups excluding carboxylic acids is 1. The number of amides is 1. The number of hydrogen-bond acceptors (Lipinski definition) is 1. The molecule has 1 N–H and O–H groups in total. The topological polar surface area (TPSA) is 29.1 Å². The van der Waals surface area contributed by atoms with Crippen molar-refractivity contribution in [1.82, 2.24) is 5.32 Å². The molecule has 1 saturated carbocycles. The Morgan fingerprint density at radius 3 is 2.38 bits per heavy atom. The highest BCUT2D eigenvalue weighted by atomic mass is 35.5. The summed E-state index contributed by atoms with van der Waals surface area (Å²) in [5, 5.41) is 2.24. The van der Waals surface area contributed by atoms with Gasteiger partial charge in [-0.15, -0.1) is 12.4 Å². The predicted octanol–water partition coefficient (Wildman–Crippen LogP) is 1.98. The molecular weight excluding hydrogens is 200 g/mol. The Bertz CT molecular complexity index is 183. The lowest BCUT2D eigenvalue weighted by atomic mass is 9.70. The third-order valence-corrected chi connectivity index (χ3v) is 2.42. The lowest BCUT2D eigenvalue weighted by molar-refractivity contribution is -0.135. The zero-order chi connectivity index (χ0) is 9.19. The van der Waals surface area contributed by atoms with Crippen molar-refractivity contribution in [3.8, 4) is 0 Å². The van der Waals surface area contributed by atoms with Crippen LogP contribution in [0.2, 0.25) is 0 Å². The van der Waals surface area contributed by atoms with Crippen molar-refractivity contribution in [2.75, 3.05) is 6.54 Å². The highest BCUT2D eigenvalue weighted by Gasteiger charge is 2.39. The molecule has 0 spiro atoms. The second-order valence-electron chi connectivity index (χ2n) is 3.52. The quantitative estimate of drug-likeness (QED) is 0.763. The van der Waals surface area contributed by atoms with Crippen molar-refractivity contribution in [2.45, 2.75) is 32.6 Å². The van der Waals surface area contributed by atoms with Crippen LogP contribution < -0.4 is 5.32 Å². The molecule has 0 unspecified atom stereocenters. The van der Waals surface area contributed by atoms with Gasteiger partial charge in [0.15, 0.2) is 0 Å². The number of carbonyl (C=O) groups is 1. The molecule has 78 valence electrons. The van der Waals surface area contributed by atoms with Gasteiger partial charge in [-0.1, -0.05) is 13.3 Å². The van der Waals surface area contributed by atoms with Crippen LogP contribution in [0.25, 0.3) is 0 Å². The van der Waals surface area contributed by atoms with E-state index in [9.17, 15) is 13.6 Å². The van der Waals surface area contributed by atoms with Gasteiger partial charge in [0, 0.05) is 5.41 Å². The van der Waals surface area contributed by atoms with Crippen molar-refractivity contribution in [1.29, 1.82) is 0 Å². The van der Waals surface area contributed by atoms with Crippen molar-refractivity contribution in [3.05, 3.63) is 0 Å². The van der Waals surface area contributed by atoms with E-state index >= 15 is 0 Å². The monoisotopic (exact) mass is 213 g/mol. The Morgan fingerprint density at radius 1 is 1.54 bits per heavy atom. The van der Waals surface area contributed by atoms with Crippen LogP contribution in [0.15, 0.2) is 0 Å². The molecule has 1 amide bonds. The van der Waals surface area contributed by atoms with Gasteiger partial charge in [-0.25, -0.2) is 8.78 Å². The first-order valence-electron chi connectivity index (χ1n) is 4.11. The molecule has 0 aromatic carbocycles. The number of hydrogen-bond donors (Lipinski definition) is 1. The Hall–Kier alpha value is -0.380. The molecule has 0 radical (unpaired) electrons. The van der Waals surface area contributed by atoms with Crippen molar-refractivity contribution in [2.24, 2.45) is 5.41 Å². The molecular formula is C8H14ClF2NO. The van der Waals surface area contributed by atoms with E-state index in [0.717, 1.165) is 19.3 Å². The second kappa shape index (κ2) is 4.74. The fourth-order valence-electron chi connectivity index (χ4n) is 1.32. The summed E-state index contributed by atoms with van der Waals surface area (Å²) in [7, 11) is 0. The first-order valence-corrected chi connectivity index (χ1v) is 4.11. The van der Waals surface area contributed by atoms with Crippen LogP contribution >= 0.6 is 12.4 Å². The van der Waals surface area contributed by atoms with Gasteiger partial charge in [0.2, 0.25) is 5.91 Å². The maximum absolute atomic E-state index is 11.7.